The van der Waals surface area contributed by atoms with E-state index in [4.69, 9.17) is 0 Å². The van der Waals surface area contributed by atoms with E-state index < -0.39 is 5.60 Å². The third-order valence-electron chi connectivity index (χ3n) is 3.85. The number of rotatable bonds is 3. The SMILES string of the molecule is CC1(O)C(=O)N(Cc2ccccc2)C1c1ccccc1. The van der Waals surface area contributed by atoms with Crippen LogP contribution in [0.4, 0.5) is 0 Å². The molecular weight excluding hydrogens is 250 g/mol. The van der Waals surface area contributed by atoms with Gasteiger partial charge in [0.1, 0.15) is 0 Å². The maximum atomic E-state index is 12.1. The Balaban J connectivity index is 1.88. The molecule has 0 saturated carbocycles. The van der Waals surface area contributed by atoms with Crippen LogP contribution in [0, 0.1) is 0 Å². The van der Waals surface area contributed by atoms with E-state index in [2.05, 4.69) is 0 Å². The van der Waals surface area contributed by atoms with Crippen molar-refractivity contribution in [3.8, 4) is 0 Å². The Kier molecular flexibility index (Phi) is 3.07. The summed E-state index contributed by atoms with van der Waals surface area (Å²) in [5, 5.41) is 10.4. The van der Waals surface area contributed by atoms with Crippen LogP contribution in [0.1, 0.15) is 24.1 Å². The highest BCUT2D eigenvalue weighted by atomic mass is 16.3. The summed E-state index contributed by atoms with van der Waals surface area (Å²) in [7, 11) is 0. The lowest BCUT2D eigenvalue weighted by molar-refractivity contribution is -0.190. The summed E-state index contributed by atoms with van der Waals surface area (Å²) in [6.07, 6.45) is 0. The number of benzene rings is 2. The fourth-order valence-electron chi connectivity index (χ4n) is 2.85. The lowest BCUT2D eigenvalue weighted by Crippen LogP contribution is -2.66. The lowest BCUT2D eigenvalue weighted by Gasteiger charge is -2.51. The Morgan fingerprint density at radius 1 is 1.05 bits per heavy atom. The second-order valence-electron chi connectivity index (χ2n) is 5.38. The molecule has 1 aliphatic heterocycles. The first-order chi connectivity index (χ1) is 9.60. The van der Waals surface area contributed by atoms with E-state index in [0.29, 0.717) is 6.54 Å². The van der Waals surface area contributed by atoms with Crippen LogP contribution in [-0.4, -0.2) is 21.5 Å². The Morgan fingerprint density at radius 3 is 2.20 bits per heavy atom. The van der Waals surface area contributed by atoms with Crippen molar-refractivity contribution in [2.75, 3.05) is 0 Å². The molecule has 3 rings (SSSR count). The number of β-lactam (4-membered cyclic amide) rings is 1. The second kappa shape index (κ2) is 4.76. The monoisotopic (exact) mass is 267 g/mol. The van der Waals surface area contributed by atoms with E-state index >= 15 is 0 Å². The van der Waals surface area contributed by atoms with E-state index in [9.17, 15) is 9.90 Å². The first-order valence-corrected chi connectivity index (χ1v) is 6.73. The summed E-state index contributed by atoms with van der Waals surface area (Å²) in [4.78, 5) is 13.9. The average molecular weight is 267 g/mol. The van der Waals surface area contributed by atoms with Crippen LogP contribution in [-0.2, 0) is 11.3 Å². The molecule has 1 amide bonds. The zero-order chi connectivity index (χ0) is 14.2. The van der Waals surface area contributed by atoms with E-state index in [1.54, 1.807) is 11.8 Å². The van der Waals surface area contributed by atoms with Crippen LogP contribution in [0.3, 0.4) is 0 Å². The first-order valence-electron chi connectivity index (χ1n) is 6.73. The highest BCUT2D eigenvalue weighted by Crippen LogP contribution is 2.43. The third kappa shape index (κ3) is 2.00. The molecular formula is C17H17NO2. The number of likely N-dealkylation sites (tertiary alicyclic amines) is 1. The van der Waals surface area contributed by atoms with Crippen LogP contribution in [0.25, 0.3) is 0 Å². The Morgan fingerprint density at radius 2 is 1.60 bits per heavy atom. The maximum absolute atomic E-state index is 12.1. The molecule has 102 valence electrons. The molecule has 3 heteroatoms. The molecule has 0 aliphatic carbocycles. The fraction of sp³-hybridized carbons (Fsp3) is 0.235. The Bertz CT molecular complexity index is 607. The topological polar surface area (TPSA) is 40.5 Å². The van der Waals surface area contributed by atoms with Gasteiger partial charge in [0.25, 0.3) is 5.91 Å². The van der Waals surface area contributed by atoms with Crippen LogP contribution in [0.15, 0.2) is 60.7 Å². The largest absolute Gasteiger partial charge is 0.378 e. The Labute approximate surface area is 118 Å². The Hall–Kier alpha value is -2.13. The predicted molar refractivity (Wildman–Crippen MR) is 76.8 cm³/mol. The van der Waals surface area contributed by atoms with Crippen molar-refractivity contribution >= 4 is 5.91 Å². The van der Waals surface area contributed by atoms with Crippen molar-refractivity contribution in [3.05, 3.63) is 71.8 Å². The van der Waals surface area contributed by atoms with E-state index in [0.717, 1.165) is 11.1 Å². The molecule has 2 unspecified atom stereocenters. The van der Waals surface area contributed by atoms with Gasteiger partial charge in [0.15, 0.2) is 5.60 Å². The third-order valence-corrected chi connectivity index (χ3v) is 3.85. The van der Waals surface area contributed by atoms with Gasteiger partial charge in [-0.15, -0.1) is 0 Å². The van der Waals surface area contributed by atoms with Gasteiger partial charge in [-0.1, -0.05) is 60.7 Å². The van der Waals surface area contributed by atoms with Gasteiger partial charge in [0, 0.05) is 6.54 Å². The van der Waals surface area contributed by atoms with Crippen molar-refractivity contribution < 1.29 is 9.90 Å². The van der Waals surface area contributed by atoms with E-state index in [-0.39, 0.29) is 11.9 Å². The van der Waals surface area contributed by atoms with Crippen molar-refractivity contribution in [1.82, 2.24) is 4.90 Å². The van der Waals surface area contributed by atoms with Crippen molar-refractivity contribution in [2.24, 2.45) is 0 Å². The highest BCUT2D eigenvalue weighted by molar-refractivity contribution is 5.92. The molecule has 1 aliphatic rings. The fourth-order valence-corrected chi connectivity index (χ4v) is 2.85. The molecule has 1 fully saturated rings. The number of nitrogens with zero attached hydrogens (tertiary/aromatic N) is 1. The summed E-state index contributed by atoms with van der Waals surface area (Å²) in [5.74, 6) is -0.213. The van der Waals surface area contributed by atoms with Gasteiger partial charge in [-0.2, -0.15) is 0 Å². The molecule has 2 aromatic rings. The maximum Gasteiger partial charge on any atom is 0.257 e. The molecule has 0 aromatic heterocycles. The molecule has 0 radical (unpaired) electrons. The standard InChI is InChI=1S/C17H17NO2/c1-17(20)15(14-10-6-3-7-11-14)18(16(17)19)12-13-8-4-2-5-9-13/h2-11,15,20H,12H2,1H3. The molecule has 1 N–H and O–H groups in total. The zero-order valence-corrected chi connectivity index (χ0v) is 11.4. The number of hydrogen-bond donors (Lipinski definition) is 1. The molecule has 0 spiro atoms. The number of amides is 1. The highest BCUT2D eigenvalue weighted by Gasteiger charge is 2.56. The predicted octanol–water partition coefficient (Wildman–Crippen LogP) is 2.52. The minimum atomic E-state index is -1.31. The van der Waals surface area contributed by atoms with Crippen LogP contribution in [0.5, 0.6) is 0 Å². The van der Waals surface area contributed by atoms with E-state index in [1.165, 1.54) is 0 Å². The molecule has 2 atom stereocenters. The number of aliphatic hydroxyl groups is 1. The normalized spacial score (nSPS) is 25.4. The van der Waals surface area contributed by atoms with Gasteiger partial charge < -0.3 is 10.0 Å². The number of hydrogen-bond acceptors (Lipinski definition) is 2. The van der Waals surface area contributed by atoms with Gasteiger partial charge in [0.05, 0.1) is 6.04 Å². The van der Waals surface area contributed by atoms with Gasteiger partial charge in [-0.05, 0) is 18.1 Å². The summed E-state index contributed by atoms with van der Waals surface area (Å²) < 4.78 is 0. The number of carbonyl (C=O) groups is 1. The minimum absolute atomic E-state index is 0.213. The summed E-state index contributed by atoms with van der Waals surface area (Å²) in [6.45, 7) is 2.11. The molecule has 1 saturated heterocycles. The lowest BCUT2D eigenvalue weighted by atomic mass is 9.79. The second-order valence-corrected chi connectivity index (χ2v) is 5.38. The average Bonchev–Trinajstić information content (AvgIpc) is 2.48. The zero-order valence-electron chi connectivity index (χ0n) is 11.4. The van der Waals surface area contributed by atoms with Crippen LogP contribution in [0.2, 0.25) is 0 Å². The van der Waals surface area contributed by atoms with Gasteiger partial charge in [-0.3, -0.25) is 4.79 Å². The van der Waals surface area contributed by atoms with Gasteiger partial charge in [0.2, 0.25) is 0 Å². The van der Waals surface area contributed by atoms with Crippen LogP contribution < -0.4 is 0 Å². The molecule has 2 aromatic carbocycles. The van der Waals surface area contributed by atoms with Crippen molar-refractivity contribution in [2.45, 2.75) is 25.1 Å². The van der Waals surface area contributed by atoms with Gasteiger partial charge >= 0.3 is 0 Å². The molecule has 1 heterocycles. The molecule has 3 nitrogen and oxygen atoms in total. The summed E-state index contributed by atoms with van der Waals surface area (Å²) in [5.41, 5.74) is 0.723. The first kappa shape index (κ1) is 12.9. The quantitative estimate of drug-likeness (QED) is 0.868. The number of carbonyl (C=O) groups excluding carboxylic acids is 1. The van der Waals surface area contributed by atoms with E-state index in [1.807, 2.05) is 60.7 Å². The molecule has 0 bridgehead atoms. The summed E-state index contributed by atoms with van der Waals surface area (Å²) in [6, 6.07) is 19.2. The van der Waals surface area contributed by atoms with Crippen molar-refractivity contribution in [3.63, 3.8) is 0 Å². The minimum Gasteiger partial charge on any atom is -0.378 e. The van der Waals surface area contributed by atoms with Gasteiger partial charge in [-0.25, -0.2) is 0 Å². The summed E-state index contributed by atoms with van der Waals surface area (Å²) >= 11 is 0. The van der Waals surface area contributed by atoms with Crippen molar-refractivity contribution in [1.29, 1.82) is 0 Å². The van der Waals surface area contributed by atoms with Crippen LogP contribution >= 0.6 is 0 Å². The smallest absolute Gasteiger partial charge is 0.257 e. The molecule has 20 heavy (non-hydrogen) atoms.